The van der Waals surface area contributed by atoms with Gasteiger partial charge in [-0.2, -0.15) is 0 Å². The maximum absolute atomic E-state index is 11.1. The molecular formula is C14H18BrNO. The normalized spacial score (nSPS) is 11.1. The SMILES string of the molecule is C=CCN(c1cc(Br)ccc1C=O)C(C)(C)C. The molecule has 1 aromatic carbocycles. The minimum absolute atomic E-state index is 0.0628. The monoisotopic (exact) mass is 295 g/mol. The van der Waals surface area contributed by atoms with Gasteiger partial charge in [-0.15, -0.1) is 6.58 Å². The molecule has 1 aromatic rings. The molecule has 0 saturated heterocycles. The second-order valence-electron chi connectivity index (χ2n) is 4.89. The van der Waals surface area contributed by atoms with Gasteiger partial charge >= 0.3 is 0 Å². The summed E-state index contributed by atoms with van der Waals surface area (Å²) < 4.78 is 0.969. The Morgan fingerprint density at radius 3 is 2.53 bits per heavy atom. The zero-order valence-electron chi connectivity index (χ0n) is 10.5. The summed E-state index contributed by atoms with van der Waals surface area (Å²) in [7, 11) is 0. The maximum Gasteiger partial charge on any atom is 0.152 e. The third-order valence-electron chi connectivity index (χ3n) is 2.53. The molecule has 92 valence electrons. The molecule has 0 spiro atoms. The molecule has 0 atom stereocenters. The molecule has 0 N–H and O–H groups in total. The Hall–Kier alpha value is -1.09. The lowest BCUT2D eigenvalue weighted by Crippen LogP contribution is -2.42. The van der Waals surface area contributed by atoms with Crippen molar-refractivity contribution in [1.29, 1.82) is 0 Å². The van der Waals surface area contributed by atoms with Gasteiger partial charge in [-0.05, 0) is 39.0 Å². The van der Waals surface area contributed by atoms with Crippen molar-refractivity contribution in [3.05, 3.63) is 40.9 Å². The van der Waals surface area contributed by atoms with Crippen molar-refractivity contribution < 1.29 is 4.79 Å². The molecule has 0 fully saturated rings. The van der Waals surface area contributed by atoms with E-state index in [1.165, 1.54) is 0 Å². The van der Waals surface area contributed by atoms with E-state index in [0.717, 1.165) is 16.4 Å². The van der Waals surface area contributed by atoms with Gasteiger partial charge in [-0.3, -0.25) is 4.79 Å². The third-order valence-corrected chi connectivity index (χ3v) is 3.02. The summed E-state index contributed by atoms with van der Waals surface area (Å²) in [5, 5.41) is 0. The van der Waals surface area contributed by atoms with Crippen LogP contribution in [0.2, 0.25) is 0 Å². The minimum atomic E-state index is -0.0628. The van der Waals surface area contributed by atoms with Crippen molar-refractivity contribution in [3.63, 3.8) is 0 Å². The molecule has 0 aliphatic heterocycles. The van der Waals surface area contributed by atoms with E-state index < -0.39 is 0 Å². The molecule has 1 rings (SSSR count). The second kappa shape index (κ2) is 5.50. The number of hydrogen-bond donors (Lipinski definition) is 0. The van der Waals surface area contributed by atoms with Crippen molar-refractivity contribution in [2.24, 2.45) is 0 Å². The van der Waals surface area contributed by atoms with Gasteiger partial charge < -0.3 is 4.90 Å². The fourth-order valence-corrected chi connectivity index (χ4v) is 2.06. The summed E-state index contributed by atoms with van der Waals surface area (Å²) in [5.74, 6) is 0. The molecule has 0 bridgehead atoms. The molecule has 0 radical (unpaired) electrons. The van der Waals surface area contributed by atoms with Gasteiger partial charge in [0.25, 0.3) is 0 Å². The number of hydrogen-bond acceptors (Lipinski definition) is 2. The van der Waals surface area contributed by atoms with Gasteiger partial charge in [0.2, 0.25) is 0 Å². The van der Waals surface area contributed by atoms with E-state index in [2.05, 4.69) is 48.2 Å². The van der Waals surface area contributed by atoms with Crippen LogP contribution < -0.4 is 4.90 Å². The number of nitrogens with zero attached hydrogens (tertiary/aromatic N) is 1. The number of benzene rings is 1. The van der Waals surface area contributed by atoms with Gasteiger partial charge in [0, 0.05) is 27.8 Å². The quantitative estimate of drug-likeness (QED) is 0.617. The van der Waals surface area contributed by atoms with Crippen LogP contribution in [0, 0.1) is 0 Å². The Morgan fingerprint density at radius 2 is 2.06 bits per heavy atom. The zero-order chi connectivity index (χ0) is 13.1. The summed E-state index contributed by atoms with van der Waals surface area (Å²) in [6.07, 6.45) is 2.74. The molecule has 0 saturated carbocycles. The first-order valence-electron chi connectivity index (χ1n) is 5.53. The molecule has 0 aliphatic carbocycles. The topological polar surface area (TPSA) is 20.3 Å². The number of carbonyl (C=O) groups excluding carboxylic acids is 1. The highest BCUT2D eigenvalue weighted by atomic mass is 79.9. The van der Waals surface area contributed by atoms with E-state index in [1.807, 2.05) is 24.3 Å². The van der Waals surface area contributed by atoms with Crippen LogP contribution in [-0.4, -0.2) is 18.4 Å². The van der Waals surface area contributed by atoms with E-state index in [9.17, 15) is 4.79 Å². The lowest BCUT2D eigenvalue weighted by Gasteiger charge is -2.37. The van der Waals surface area contributed by atoms with Gasteiger partial charge in [-0.25, -0.2) is 0 Å². The van der Waals surface area contributed by atoms with Crippen LogP contribution in [0.4, 0.5) is 5.69 Å². The van der Waals surface area contributed by atoms with Crippen LogP contribution in [-0.2, 0) is 0 Å². The molecule has 0 aromatic heterocycles. The van der Waals surface area contributed by atoms with Crippen molar-refractivity contribution >= 4 is 27.9 Å². The predicted octanol–water partition coefficient (Wildman–Crippen LogP) is 4.05. The van der Waals surface area contributed by atoms with Crippen molar-refractivity contribution in [2.75, 3.05) is 11.4 Å². The maximum atomic E-state index is 11.1. The standard InChI is InChI=1S/C14H18BrNO/c1-5-8-16(14(2,3)4)13-9-12(15)7-6-11(13)10-17/h5-7,9-10H,1,8H2,2-4H3. The first-order chi connectivity index (χ1) is 7.90. The smallest absolute Gasteiger partial charge is 0.152 e. The number of anilines is 1. The van der Waals surface area contributed by atoms with E-state index in [4.69, 9.17) is 0 Å². The molecule has 3 heteroatoms. The Kier molecular flexibility index (Phi) is 4.52. The summed E-state index contributed by atoms with van der Waals surface area (Å²) in [6, 6.07) is 5.68. The van der Waals surface area contributed by atoms with Crippen LogP contribution in [0.15, 0.2) is 35.3 Å². The van der Waals surface area contributed by atoms with E-state index in [-0.39, 0.29) is 5.54 Å². The zero-order valence-corrected chi connectivity index (χ0v) is 12.1. The average Bonchev–Trinajstić information content (AvgIpc) is 2.24. The molecule has 17 heavy (non-hydrogen) atoms. The Morgan fingerprint density at radius 1 is 1.41 bits per heavy atom. The lowest BCUT2D eigenvalue weighted by molar-refractivity contribution is 0.112. The van der Waals surface area contributed by atoms with Crippen LogP contribution in [0.3, 0.4) is 0 Å². The van der Waals surface area contributed by atoms with Crippen LogP contribution >= 0.6 is 15.9 Å². The highest BCUT2D eigenvalue weighted by Crippen LogP contribution is 2.29. The van der Waals surface area contributed by atoms with Gasteiger partial charge in [0.1, 0.15) is 0 Å². The number of halogens is 1. The Balaban J connectivity index is 3.30. The molecule has 0 unspecified atom stereocenters. The lowest BCUT2D eigenvalue weighted by atomic mass is 10.0. The van der Waals surface area contributed by atoms with Crippen LogP contribution in [0.25, 0.3) is 0 Å². The average molecular weight is 296 g/mol. The van der Waals surface area contributed by atoms with Crippen molar-refractivity contribution in [1.82, 2.24) is 0 Å². The molecule has 2 nitrogen and oxygen atoms in total. The highest BCUT2D eigenvalue weighted by molar-refractivity contribution is 9.10. The van der Waals surface area contributed by atoms with Crippen LogP contribution in [0.5, 0.6) is 0 Å². The van der Waals surface area contributed by atoms with Gasteiger partial charge in [0.15, 0.2) is 6.29 Å². The van der Waals surface area contributed by atoms with Crippen LogP contribution in [0.1, 0.15) is 31.1 Å². The van der Waals surface area contributed by atoms with Crippen molar-refractivity contribution in [2.45, 2.75) is 26.3 Å². The number of rotatable bonds is 4. The molecular weight excluding hydrogens is 278 g/mol. The Labute approximate surface area is 111 Å². The summed E-state index contributed by atoms with van der Waals surface area (Å²) in [5.41, 5.74) is 1.57. The summed E-state index contributed by atoms with van der Waals surface area (Å²) in [6.45, 7) is 10.8. The summed E-state index contributed by atoms with van der Waals surface area (Å²) >= 11 is 3.44. The van der Waals surface area contributed by atoms with Crippen molar-refractivity contribution in [3.8, 4) is 0 Å². The molecule has 0 heterocycles. The summed E-state index contributed by atoms with van der Waals surface area (Å²) in [4.78, 5) is 13.3. The van der Waals surface area contributed by atoms with E-state index in [0.29, 0.717) is 12.1 Å². The first-order valence-corrected chi connectivity index (χ1v) is 6.32. The fourth-order valence-electron chi connectivity index (χ4n) is 1.71. The first kappa shape index (κ1) is 14.0. The largest absolute Gasteiger partial charge is 0.362 e. The third kappa shape index (κ3) is 3.43. The second-order valence-corrected chi connectivity index (χ2v) is 5.81. The van der Waals surface area contributed by atoms with E-state index in [1.54, 1.807) is 0 Å². The minimum Gasteiger partial charge on any atom is -0.362 e. The Bertz CT molecular complexity index is 421. The predicted molar refractivity (Wildman–Crippen MR) is 76.8 cm³/mol. The number of carbonyl (C=O) groups is 1. The number of aldehydes is 1. The van der Waals surface area contributed by atoms with Gasteiger partial charge in [-0.1, -0.05) is 22.0 Å². The van der Waals surface area contributed by atoms with E-state index >= 15 is 0 Å². The highest BCUT2D eigenvalue weighted by Gasteiger charge is 2.22. The van der Waals surface area contributed by atoms with Gasteiger partial charge in [0.05, 0.1) is 0 Å². The molecule has 0 amide bonds. The fraction of sp³-hybridized carbons (Fsp3) is 0.357. The molecule has 0 aliphatic rings.